The van der Waals surface area contributed by atoms with Crippen molar-refractivity contribution in [3.8, 4) is 0 Å². The van der Waals surface area contributed by atoms with Crippen molar-refractivity contribution in [2.24, 2.45) is 0 Å². The summed E-state index contributed by atoms with van der Waals surface area (Å²) < 4.78 is 31.8. The molecule has 2 unspecified atom stereocenters. The predicted octanol–water partition coefficient (Wildman–Crippen LogP) is 11.7. The molecule has 0 aliphatic carbocycles. The Morgan fingerprint density at radius 3 is 1.38 bits per heavy atom. The van der Waals surface area contributed by atoms with Crippen LogP contribution in [0.2, 0.25) is 0 Å². The molecule has 9 heteroatoms. The van der Waals surface area contributed by atoms with Crippen LogP contribution in [0.1, 0.15) is 194 Å². The highest BCUT2D eigenvalue weighted by molar-refractivity contribution is 7.47. The lowest BCUT2D eigenvalue weighted by atomic mass is 10.1. The first-order valence-electron chi connectivity index (χ1n) is 19.4. The van der Waals surface area contributed by atoms with Crippen LogP contribution in [0.5, 0.6) is 0 Å². The summed E-state index contributed by atoms with van der Waals surface area (Å²) in [5, 5.41) is 0. The average Bonchev–Trinajstić information content (AvgIpc) is 3.06. The van der Waals surface area contributed by atoms with E-state index in [1.54, 1.807) is 0 Å². The number of ether oxygens (including phenoxy) is 2. The first-order valence-corrected chi connectivity index (χ1v) is 20.9. The van der Waals surface area contributed by atoms with E-state index in [9.17, 15) is 19.0 Å². The number of rotatable bonds is 36. The second kappa shape index (κ2) is 34.6. The van der Waals surface area contributed by atoms with E-state index in [-0.39, 0.29) is 19.0 Å². The molecule has 0 spiro atoms. The van der Waals surface area contributed by atoms with Crippen LogP contribution in [-0.4, -0.2) is 43.3 Å². The van der Waals surface area contributed by atoms with Crippen molar-refractivity contribution in [3.63, 3.8) is 0 Å². The molecule has 0 fully saturated rings. The van der Waals surface area contributed by atoms with Gasteiger partial charge in [-0.1, -0.05) is 154 Å². The van der Waals surface area contributed by atoms with Crippen molar-refractivity contribution in [1.82, 2.24) is 0 Å². The van der Waals surface area contributed by atoms with Crippen molar-refractivity contribution in [2.45, 2.75) is 200 Å². The van der Waals surface area contributed by atoms with E-state index < -0.39 is 26.5 Å². The largest absolute Gasteiger partial charge is 0.472 e. The summed E-state index contributed by atoms with van der Waals surface area (Å²) in [5.74, 6) is -0.804. The van der Waals surface area contributed by atoms with Crippen molar-refractivity contribution in [1.29, 1.82) is 0 Å². The Bertz CT molecular complexity index is 788. The van der Waals surface area contributed by atoms with Crippen LogP contribution < -0.4 is 0 Å². The maximum Gasteiger partial charge on any atom is 0.472 e. The summed E-state index contributed by atoms with van der Waals surface area (Å²) in [4.78, 5) is 34.3. The van der Waals surface area contributed by atoms with Crippen LogP contribution >= 0.6 is 7.82 Å². The minimum absolute atomic E-state index is 0.222. The first kappa shape index (κ1) is 45.8. The fourth-order valence-electron chi connectivity index (χ4n) is 5.48. The molecule has 0 aromatic heterocycles. The smallest absolute Gasteiger partial charge is 0.462 e. The molecule has 0 radical (unpaired) electrons. The summed E-state index contributed by atoms with van der Waals surface area (Å²) in [6.45, 7) is 3.87. The standard InChI is InChI=1S/C38H73O8P/c1-4-6-8-10-12-14-16-17-18-19-20-21-22-23-25-27-29-31-33-38(40)46-36(35-45-47(41,42)43-3)34-44-37(39)32-30-28-26-24-15-13-11-9-7-5-2/h18-19,36H,4-17,20-35H2,1-3H3,(H,41,42)/b19-18-. The van der Waals surface area contributed by atoms with Gasteiger partial charge in [-0.3, -0.25) is 18.6 Å². The van der Waals surface area contributed by atoms with Crippen molar-refractivity contribution in [2.75, 3.05) is 20.3 Å². The van der Waals surface area contributed by atoms with Crippen LogP contribution in [0.15, 0.2) is 12.2 Å². The van der Waals surface area contributed by atoms with E-state index in [2.05, 4.69) is 30.5 Å². The number of carbonyl (C=O) groups excluding carboxylic acids is 2. The molecule has 0 rings (SSSR count). The van der Waals surface area contributed by atoms with Gasteiger partial charge in [0, 0.05) is 20.0 Å². The van der Waals surface area contributed by atoms with E-state index in [0.717, 1.165) is 52.1 Å². The zero-order valence-electron chi connectivity index (χ0n) is 30.7. The van der Waals surface area contributed by atoms with Crippen LogP contribution in [0.3, 0.4) is 0 Å². The zero-order valence-corrected chi connectivity index (χ0v) is 31.6. The van der Waals surface area contributed by atoms with Crippen LogP contribution in [0, 0.1) is 0 Å². The second-order valence-corrected chi connectivity index (χ2v) is 14.6. The third kappa shape index (κ3) is 34.5. The number of allylic oxidation sites excluding steroid dienone is 2. The molecule has 0 aromatic rings. The molecule has 0 saturated heterocycles. The van der Waals surface area contributed by atoms with Gasteiger partial charge in [0.2, 0.25) is 0 Å². The quantitative estimate of drug-likeness (QED) is 0.0300. The van der Waals surface area contributed by atoms with Crippen molar-refractivity contribution in [3.05, 3.63) is 12.2 Å². The summed E-state index contributed by atoms with van der Waals surface area (Å²) in [6.07, 6.45) is 35.5. The van der Waals surface area contributed by atoms with Crippen LogP contribution in [0.4, 0.5) is 0 Å². The van der Waals surface area contributed by atoms with Gasteiger partial charge in [-0.05, 0) is 38.5 Å². The number of unbranched alkanes of at least 4 members (excludes halogenated alkanes) is 23. The molecule has 2 atom stereocenters. The van der Waals surface area contributed by atoms with E-state index >= 15 is 0 Å². The first-order chi connectivity index (χ1) is 22.8. The fraction of sp³-hybridized carbons (Fsp3) is 0.895. The summed E-state index contributed by atoms with van der Waals surface area (Å²) >= 11 is 0. The Morgan fingerprint density at radius 2 is 0.957 bits per heavy atom. The normalized spacial score (nSPS) is 13.5. The number of esters is 2. The second-order valence-electron chi connectivity index (χ2n) is 13.1. The zero-order chi connectivity index (χ0) is 34.7. The summed E-state index contributed by atoms with van der Waals surface area (Å²) in [6, 6.07) is 0. The molecule has 0 bridgehead atoms. The highest BCUT2D eigenvalue weighted by Crippen LogP contribution is 2.42. The minimum Gasteiger partial charge on any atom is -0.462 e. The number of hydrogen-bond acceptors (Lipinski definition) is 7. The van der Waals surface area contributed by atoms with Gasteiger partial charge in [0.1, 0.15) is 6.61 Å². The number of carbonyl (C=O) groups is 2. The van der Waals surface area contributed by atoms with Gasteiger partial charge in [0.05, 0.1) is 6.61 Å². The lowest BCUT2D eigenvalue weighted by Crippen LogP contribution is -2.29. The lowest BCUT2D eigenvalue weighted by Gasteiger charge is -2.19. The number of phosphoric acid groups is 1. The van der Waals surface area contributed by atoms with E-state index in [1.165, 1.54) is 116 Å². The molecular weight excluding hydrogens is 615 g/mol. The molecular formula is C38H73O8P. The Labute approximate surface area is 289 Å². The van der Waals surface area contributed by atoms with Crippen molar-refractivity contribution >= 4 is 19.8 Å². The van der Waals surface area contributed by atoms with E-state index in [0.29, 0.717) is 12.8 Å². The third-order valence-corrected chi connectivity index (χ3v) is 9.45. The summed E-state index contributed by atoms with van der Waals surface area (Å²) in [5.41, 5.74) is 0. The van der Waals surface area contributed by atoms with Gasteiger partial charge < -0.3 is 14.4 Å². The van der Waals surface area contributed by atoms with Gasteiger partial charge in [-0.2, -0.15) is 0 Å². The molecule has 0 saturated carbocycles. The number of phosphoric ester groups is 1. The topological polar surface area (TPSA) is 108 Å². The Balaban J connectivity index is 4.00. The monoisotopic (exact) mass is 689 g/mol. The molecule has 278 valence electrons. The van der Waals surface area contributed by atoms with Crippen molar-refractivity contribution < 1.29 is 37.6 Å². The highest BCUT2D eigenvalue weighted by atomic mass is 31.2. The molecule has 8 nitrogen and oxygen atoms in total. The third-order valence-electron chi connectivity index (χ3n) is 8.51. The van der Waals surface area contributed by atoms with Crippen LogP contribution in [0.25, 0.3) is 0 Å². The molecule has 0 heterocycles. The maximum absolute atomic E-state index is 12.4. The lowest BCUT2D eigenvalue weighted by molar-refractivity contribution is -0.161. The molecule has 0 amide bonds. The molecule has 0 aliphatic rings. The Morgan fingerprint density at radius 1 is 0.574 bits per heavy atom. The minimum atomic E-state index is -4.25. The van der Waals surface area contributed by atoms with Gasteiger partial charge in [0.25, 0.3) is 0 Å². The Kier molecular flexibility index (Phi) is 33.8. The van der Waals surface area contributed by atoms with Crippen LogP contribution in [-0.2, 0) is 32.7 Å². The van der Waals surface area contributed by atoms with Gasteiger partial charge in [0.15, 0.2) is 6.10 Å². The predicted molar refractivity (Wildman–Crippen MR) is 193 cm³/mol. The highest BCUT2D eigenvalue weighted by Gasteiger charge is 2.24. The molecule has 0 aromatic carbocycles. The fourth-order valence-corrected chi connectivity index (χ4v) is 5.94. The van der Waals surface area contributed by atoms with Gasteiger partial charge in [-0.15, -0.1) is 0 Å². The number of hydrogen-bond donors (Lipinski definition) is 1. The SMILES string of the molecule is CCCCCCCCC/C=C\CCCCCCCCCC(=O)OC(COC(=O)CCCCCCCCCCCC)COP(=O)(O)OC. The van der Waals surface area contributed by atoms with Gasteiger partial charge in [-0.25, -0.2) is 4.57 Å². The average molecular weight is 689 g/mol. The Hall–Kier alpha value is -1.21. The molecule has 1 N–H and O–H groups in total. The maximum atomic E-state index is 12.4. The van der Waals surface area contributed by atoms with E-state index in [1.807, 2.05) is 0 Å². The molecule has 0 aliphatic heterocycles. The summed E-state index contributed by atoms with van der Waals surface area (Å²) in [7, 11) is -3.19. The van der Waals surface area contributed by atoms with E-state index in [4.69, 9.17) is 14.0 Å². The molecule has 47 heavy (non-hydrogen) atoms. The van der Waals surface area contributed by atoms with Gasteiger partial charge >= 0.3 is 19.8 Å².